The van der Waals surface area contributed by atoms with Crippen molar-refractivity contribution in [3.05, 3.63) is 0 Å². The van der Waals surface area contributed by atoms with Gasteiger partial charge in [0.2, 0.25) is 17.7 Å². The number of hydrogen-bond acceptors (Lipinski definition) is 7. The predicted octanol–water partition coefficient (Wildman–Crippen LogP) is -3.44. The quantitative estimate of drug-likeness (QED) is 0.0690. The van der Waals surface area contributed by atoms with E-state index in [9.17, 15) is 19.2 Å². The summed E-state index contributed by atoms with van der Waals surface area (Å²) in [5.74, 6) is -2.78. The maximum Gasteiger partial charge on any atom is 0.322 e. The number of carboxylic acid groups (broad SMARTS) is 1. The summed E-state index contributed by atoms with van der Waals surface area (Å²) in [4.78, 5) is 51.0. The van der Waals surface area contributed by atoms with E-state index in [0.29, 0.717) is 45.2 Å². The molecule has 0 aliphatic carbocycles. The number of rotatable bonds is 16. The van der Waals surface area contributed by atoms with Crippen LogP contribution in [0.15, 0.2) is 4.99 Å². The molecule has 13 heteroatoms. The summed E-state index contributed by atoms with van der Waals surface area (Å²) >= 11 is 0. The molecule has 0 aromatic carbocycles. The smallest absolute Gasteiger partial charge is 0.322 e. The third kappa shape index (κ3) is 13.3. The molecular weight excluding hydrogens is 396 g/mol. The molecule has 0 heterocycles. The van der Waals surface area contributed by atoms with Gasteiger partial charge in [-0.2, -0.15) is 0 Å². The van der Waals surface area contributed by atoms with Crippen LogP contribution in [0.3, 0.4) is 0 Å². The number of carbonyl (C=O) groups is 4. The third-order valence-corrected chi connectivity index (χ3v) is 4.05. The summed E-state index contributed by atoms with van der Waals surface area (Å²) in [5, 5.41) is 18.8. The second kappa shape index (κ2) is 15.9. The minimum Gasteiger partial charge on any atom is -0.480 e. The molecule has 2 atom stereocenters. The average Bonchev–Trinajstić information content (AvgIpc) is 2.69. The van der Waals surface area contributed by atoms with Crippen LogP contribution in [0.25, 0.3) is 0 Å². The molecule has 0 rings (SSSR count). The molecule has 0 saturated carbocycles. The normalized spacial score (nSPS) is 12.3. The van der Waals surface area contributed by atoms with Crippen molar-refractivity contribution < 1.29 is 24.3 Å². The largest absolute Gasteiger partial charge is 0.480 e. The topological polar surface area (TPSA) is 227 Å². The molecule has 2 unspecified atom stereocenters. The van der Waals surface area contributed by atoms with Gasteiger partial charge in [0.1, 0.15) is 12.6 Å². The van der Waals surface area contributed by atoms with Crippen molar-refractivity contribution in [1.29, 1.82) is 0 Å². The zero-order valence-electron chi connectivity index (χ0n) is 17.3. The minimum atomic E-state index is -1.19. The van der Waals surface area contributed by atoms with Crippen LogP contribution in [-0.2, 0) is 19.2 Å². The molecule has 0 aliphatic rings. The first kappa shape index (κ1) is 27.1. The fourth-order valence-electron chi connectivity index (χ4n) is 2.49. The lowest BCUT2D eigenvalue weighted by atomic mass is 10.1. The van der Waals surface area contributed by atoms with Crippen molar-refractivity contribution in [2.75, 3.05) is 33.2 Å². The number of amides is 3. The van der Waals surface area contributed by atoms with Crippen molar-refractivity contribution in [2.24, 2.45) is 22.2 Å². The Balaban J connectivity index is 4.58. The molecule has 0 radical (unpaired) electrons. The van der Waals surface area contributed by atoms with E-state index < -0.39 is 36.4 Å². The summed E-state index contributed by atoms with van der Waals surface area (Å²) in [7, 11) is 1.62. The van der Waals surface area contributed by atoms with Gasteiger partial charge in [0.15, 0.2) is 5.96 Å². The van der Waals surface area contributed by atoms with Crippen molar-refractivity contribution in [3.63, 3.8) is 0 Å². The monoisotopic (exact) mass is 430 g/mol. The second-order valence-corrected chi connectivity index (χ2v) is 6.52. The number of nitrogens with one attached hydrogen (secondary N) is 4. The molecule has 0 bridgehead atoms. The van der Waals surface area contributed by atoms with Gasteiger partial charge in [0, 0.05) is 6.54 Å². The Hall–Kier alpha value is -2.93. The predicted molar refractivity (Wildman–Crippen MR) is 111 cm³/mol. The Morgan fingerprint density at radius 1 is 0.933 bits per heavy atom. The second-order valence-electron chi connectivity index (χ2n) is 6.52. The first-order valence-corrected chi connectivity index (χ1v) is 9.70. The summed E-state index contributed by atoms with van der Waals surface area (Å²) in [6, 6.07) is -1.45. The molecule has 30 heavy (non-hydrogen) atoms. The number of carboxylic acids is 1. The van der Waals surface area contributed by atoms with Crippen LogP contribution in [0.2, 0.25) is 0 Å². The van der Waals surface area contributed by atoms with Gasteiger partial charge in [-0.1, -0.05) is 0 Å². The van der Waals surface area contributed by atoms with E-state index in [1.165, 1.54) is 0 Å². The highest BCUT2D eigenvalue weighted by Crippen LogP contribution is 2.01. The van der Waals surface area contributed by atoms with Crippen molar-refractivity contribution >= 4 is 29.7 Å². The van der Waals surface area contributed by atoms with Crippen molar-refractivity contribution in [3.8, 4) is 0 Å². The van der Waals surface area contributed by atoms with Gasteiger partial charge in [-0.05, 0) is 45.7 Å². The van der Waals surface area contributed by atoms with Crippen LogP contribution in [0, 0.1) is 0 Å². The molecule has 0 spiro atoms. The van der Waals surface area contributed by atoms with Crippen LogP contribution in [0.5, 0.6) is 0 Å². The number of carbonyl (C=O) groups excluding carboxylic acids is 3. The van der Waals surface area contributed by atoms with Gasteiger partial charge in [-0.25, -0.2) is 0 Å². The van der Waals surface area contributed by atoms with E-state index >= 15 is 0 Å². The van der Waals surface area contributed by atoms with Crippen LogP contribution in [0.1, 0.15) is 32.1 Å². The molecular formula is C17H34N8O5. The Labute approximate surface area is 175 Å². The number of nitrogens with zero attached hydrogens (tertiary/aromatic N) is 1. The summed E-state index contributed by atoms with van der Waals surface area (Å²) in [6.07, 6.45) is 2.55. The first-order valence-electron chi connectivity index (χ1n) is 9.70. The van der Waals surface area contributed by atoms with Crippen molar-refractivity contribution in [2.45, 2.75) is 44.2 Å². The Kier molecular flexibility index (Phi) is 14.4. The highest BCUT2D eigenvalue weighted by Gasteiger charge is 2.22. The molecule has 13 nitrogen and oxygen atoms in total. The first-order chi connectivity index (χ1) is 14.2. The minimum absolute atomic E-state index is 0.0226. The maximum atomic E-state index is 12.2. The molecule has 11 N–H and O–H groups in total. The van der Waals surface area contributed by atoms with Crippen molar-refractivity contribution in [1.82, 2.24) is 21.3 Å². The van der Waals surface area contributed by atoms with E-state index in [1.54, 1.807) is 7.05 Å². The number of aliphatic carboxylic acids is 1. The van der Waals surface area contributed by atoms with E-state index in [2.05, 4.69) is 26.3 Å². The number of aliphatic imine (C=N–C) groups is 1. The number of hydrogen-bond donors (Lipinski definition) is 8. The summed E-state index contributed by atoms with van der Waals surface area (Å²) < 4.78 is 0. The number of unbranched alkanes of at least 4 members (excludes halogenated alkanes) is 1. The van der Waals surface area contributed by atoms with E-state index in [4.69, 9.17) is 22.3 Å². The van der Waals surface area contributed by atoms with E-state index in [1.807, 2.05) is 0 Å². The molecule has 0 aromatic rings. The lowest BCUT2D eigenvalue weighted by Crippen LogP contribution is -2.51. The van der Waals surface area contributed by atoms with Gasteiger partial charge >= 0.3 is 5.97 Å². The van der Waals surface area contributed by atoms with E-state index in [-0.39, 0.29) is 18.4 Å². The van der Waals surface area contributed by atoms with Gasteiger partial charge in [-0.15, -0.1) is 0 Å². The molecule has 3 amide bonds. The van der Waals surface area contributed by atoms with Crippen LogP contribution < -0.4 is 38.5 Å². The van der Waals surface area contributed by atoms with Crippen LogP contribution >= 0.6 is 0 Å². The summed E-state index contributed by atoms with van der Waals surface area (Å²) in [5.41, 5.74) is 15.9. The third-order valence-electron chi connectivity index (χ3n) is 4.05. The fourth-order valence-corrected chi connectivity index (χ4v) is 2.49. The Bertz CT molecular complexity index is 595. The maximum absolute atomic E-state index is 12.2. The number of likely N-dealkylation sites (N-methyl/N-ethyl adjacent to an activating group) is 1. The average molecular weight is 431 g/mol. The summed E-state index contributed by atoms with van der Waals surface area (Å²) in [6.45, 7) is -0.0701. The molecule has 0 aliphatic heterocycles. The Morgan fingerprint density at radius 3 is 2.10 bits per heavy atom. The standard InChI is InChI=1S/C17H34N8O5/c1-21-11(6-4-8-22-17(19)20)15(29)23-9-13(26)25-12(5-2-3-7-18)16(30)24-10-14(27)28/h11-12,21H,2-10,18H2,1H3,(H,23,29)(H,24,30)(H,25,26)(H,27,28)(H4,19,20,22). The highest BCUT2D eigenvalue weighted by atomic mass is 16.4. The molecule has 0 aromatic heterocycles. The van der Waals surface area contributed by atoms with Crippen LogP contribution in [-0.4, -0.2) is 80.1 Å². The lowest BCUT2D eigenvalue weighted by molar-refractivity contribution is -0.138. The number of guanidine groups is 1. The van der Waals surface area contributed by atoms with Crippen LogP contribution in [0.4, 0.5) is 0 Å². The fraction of sp³-hybridized carbons (Fsp3) is 0.706. The number of nitrogens with two attached hydrogens (primary N) is 3. The molecule has 172 valence electrons. The van der Waals surface area contributed by atoms with Gasteiger partial charge < -0.3 is 43.6 Å². The SMILES string of the molecule is CNC(CCCN=C(N)N)C(=O)NCC(=O)NC(CCCCN)C(=O)NCC(=O)O. The lowest BCUT2D eigenvalue weighted by Gasteiger charge is -2.19. The highest BCUT2D eigenvalue weighted by molar-refractivity contribution is 5.91. The molecule has 0 saturated heterocycles. The van der Waals surface area contributed by atoms with Gasteiger partial charge in [0.05, 0.1) is 12.6 Å². The van der Waals surface area contributed by atoms with E-state index in [0.717, 1.165) is 0 Å². The van der Waals surface area contributed by atoms with Gasteiger partial charge in [0.25, 0.3) is 0 Å². The zero-order chi connectivity index (χ0) is 22.9. The Morgan fingerprint density at radius 2 is 1.53 bits per heavy atom. The zero-order valence-corrected chi connectivity index (χ0v) is 17.3. The van der Waals surface area contributed by atoms with Gasteiger partial charge in [-0.3, -0.25) is 24.2 Å². The molecule has 0 fully saturated rings.